The Morgan fingerprint density at radius 1 is 0.913 bits per heavy atom. The molecule has 1 fully saturated rings. The van der Waals surface area contributed by atoms with Crippen molar-refractivity contribution < 1.29 is 14.0 Å². The third-order valence-corrected chi connectivity index (χ3v) is 4.56. The molecule has 0 unspecified atom stereocenters. The van der Waals surface area contributed by atoms with Gasteiger partial charge in [0.2, 0.25) is 0 Å². The number of ether oxygens (including phenoxy) is 1. The molecule has 2 aromatic rings. The Morgan fingerprint density at radius 3 is 2.04 bits per heavy atom. The first-order chi connectivity index (χ1) is 10.9. The Labute approximate surface area is 137 Å². The van der Waals surface area contributed by atoms with Crippen molar-refractivity contribution in [2.24, 2.45) is 0 Å². The van der Waals surface area contributed by atoms with E-state index in [1.54, 1.807) is 12.4 Å². The Balaban J connectivity index is 1.64. The van der Waals surface area contributed by atoms with Crippen LogP contribution in [-0.2, 0) is 15.9 Å². The lowest BCUT2D eigenvalue weighted by Gasteiger charge is -2.32. The molecule has 1 saturated heterocycles. The molecule has 1 aromatic carbocycles. The van der Waals surface area contributed by atoms with Crippen LogP contribution >= 0.6 is 0 Å². The van der Waals surface area contributed by atoms with Crippen LogP contribution < -0.4 is 10.2 Å². The number of pyridine rings is 1. The van der Waals surface area contributed by atoms with Gasteiger partial charge in [-0.05, 0) is 63.0 Å². The molecule has 1 aliphatic rings. The first-order valence-corrected chi connectivity index (χ1v) is 7.85. The van der Waals surface area contributed by atoms with Gasteiger partial charge in [-0.25, -0.2) is 0 Å². The third kappa shape index (κ3) is 3.41. The van der Waals surface area contributed by atoms with E-state index in [4.69, 9.17) is 14.0 Å². The second-order valence-electron chi connectivity index (χ2n) is 6.80. The van der Waals surface area contributed by atoms with Gasteiger partial charge in [0.1, 0.15) is 12.4 Å². The van der Waals surface area contributed by atoms with Gasteiger partial charge in [0.05, 0.1) is 11.2 Å². The first kappa shape index (κ1) is 16.0. The molecule has 120 valence electrons. The quantitative estimate of drug-likeness (QED) is 0.814. The standard InChI is InChI=1S/C18H22BNO3/c1-17(2)18(3,4)23-19(22-17)15-5-7-16(8-6-15)21-13-14-9-11-20-12-10-14/h5-12H,13H2,1-4H3. The summed E-state index contributed by atoms with van der Waals surface area (Å²) in [4.78, 5) is 4.00. The van der Waals surface area contributed by atoms with Gasteiger partial charge in [0.15, 0.2) is 0 Å². The highest BCUT2D eigenvalue weighted by atomic mass is 16.7. The molecular formula is C18H22BNO3. The lowest BCUT2D eigenvalue weighted by molar-refractivity contribution is 0.00578. The van der Waals surface area contributed by atoms with Crippen LogP contribution in [0.15, 0.2) is 48.8 Å². The van der Waals surface area contributed by atoms with Crippen molar-refractivity contribution in [3.63, 3.8) is 0 Å². The van der Waals surface area contributed by atoms with Crippen LogP contribution in [0.3, 0.4) is 0 Å². The van der Waals surface area contributed by atoms with Crippen molar-refractivity contribution in [3.05, 3.63) is 54.4 Å². The zero-order valence-electron chi connectivity index (χ0n) is 14.1. The van der Waals surface area contributed by atoms with Crippen molar-refractivity contribution in [2.45, 2.75) is 45.5 Å². The number of aromatic nitrogens is 1. The molecule has 0 aliphatic carbocycles. The summed E-state index contributed by atoms with van der Waals surface area (Å²) < 4.78 is 17.9. The van der Waals surface area contributed by atoms with Crippen LogP contribution in [0.2, 0.25) is 0 Å². The van der Waals surface area contributed by atoms with Crippen LogP contribution in [0, 0.1) is 0 Å². The Bertz CT molecular complexity index is 640. The van der Waals surface area contributed by atoms with E-state index >= 15 is 0 Å². The molecule has 3 rings (SSSR count). The Kier molecular flexibility index (Phi) is 4.17. The molecule has 0 amide bonds. The van der Waals surface area contributed by atoms with Crippen molar-refractivity contribution >= 4 is 12.6 Å². The molecule has 0 spiro atoms. The van der Waals surface area contributed by atoms with Crippen molar-refractivity contribution in [1.82, 2.24) is 4.98 Å². The van der Waals surface area contributed by atoms with E-state index in [1.807, 2.05) is 36.4 Å². The summed E-state index contributed by atoms with van der Waals surface area (Å²) in [6.07, 6.45) is 3.53. The van der Waals surface area contributed by atoms with Crippen molar-refractivity contribution in [3.8, 4) is 5.75 Å². The lowest BCUT2D eigenvalue weighted by Crippen LogP contribution is -2.41. The highest BCUT2D eigenvalue weighted by molar-refractivity contribution is 6.62. The van der Waals surface area contributed by atoms with E-state index in [1.165, 1.54) is 0 Å². The van der Waals surface area contributed by atoms with E-state index in [9.17, 15) is 0 Å². The molecule has 23 heavy (non-hydrogen) atoms. The van der Waals surface area contributed by atoms with Crippen molar-refractivity contribution in [2.75, 3.05) is 0 Å². The zero-order chi connectivity index (χ0) is 16.5. The molecule has 0 atom stereocenters. The number of hydrogen-bond donors (Lipinski definition) is 0. The second kappa shape index (κ2) is 5.98. The predicted octanol–water partition coefficient (Wildman–Crippen LogP) is 2.96. The van der Waals surface area contributed by atoms with Gasteiger partial charge >= 0.3 is 7.12 Å². The van der Waals surface area contributed by atoms with Gasteiger partial charge in [-0.15, -0.1) is 0 Å². The summed E-state index contributed by atoms with van der Waals surface area (Å²) in [6, 6.07) is 11.8. The molecule has 0 bridgehead atoms. The fraction of sp³-hybridized carbons (Fsp3) is 0.389. The van der Waals surface area contributed by atoms with Gasteiger partial charge in [-0.1, -0.05) is 12.1 Å². The van der Waals surface area contributed by atoms with E-state index in [2.05, 4.69) is 32.7 Å². The average molecular weight is 311 g/mol. The predicted molar refractivity (Wildman–Crippen MR) is 90.7 cm³/mol. The minimum atomic E-state index is -0.339. The average Bonchev–Trinajstić information content (AvgIpc) is 2.75. The molecule has 0 radical (unpaired) electrons. The minimum absolute atomic E-state index is 0.325. The summed E-state index contributed by atoms with van der Waals surface area (Å²) in [7, 11) is -0.339. The molecular weight excluding hydrogens is 289 g/mol. The topological polar surface area (TPSA) is 40.6 Å². The molecule has 2 heterocycles. The first-order valence-electron chi connectivity index (χ1n) is 7.85. The maximum atomic E-state index is 6.05. The van der Waals surface area contributed by atoms with Crippen LogP contribution in [0.25, 0.3) is 0 Å². The number of benzene rings is 1. The monoisotopic (exact) mass is 311 g/mol. The molecule has 5 heteroatoms. The number of hydrogen-bond acceptors (Lipinski definition) is 4. The second-order valence-corrected chi connectivity index (χ2v) is 6.80. The van der Waals surface area contributed by atoms with E-state index < -0.39 is 0 Å². The minimum Gasteiger partial charge on any atom is -0.489 e. The molecule has 0 saturated carbocycles. The fourth-order valence-corrected chi connectivity index (χ4v) is 2.35. The summed E-state index contributed by atoms with van der Waals surface area (Å²) >= 11 is 0. The fourth-order valence-electron chi connectivity index (χ4n) is 2.35. The summed E-state index contributed by atoms with van der Waals surface area (Å²) in [5, 5.41) is 0. The van der Waals surface area contributed by atoms with Crippen LogP contribution in [0.4, 0.5) is 0 Å². The van der Waals surface area contributed by atoms with Gasteiger partial charge in [0.25, 0.3) is 0 Å². The molecule has 1 aliphatic heterocycles. The van der Waals surface area contributed by atoms with Gasteiger partial charge < -0.3 is 14.0 Å². The Hall–Kier alpha value is -1.85. The Morgan fingerprint density at radius 2 is 1.48 bits per heavy atom. The highest BCUT2D eigenvalue weighted by Crippen LogP contribution is 2.36. The smallest absolute Gasteiger partial charge is 0.489 e. The maximum absolute atomic E-state index is 6.05. The normalized spacial score (nSPS) is 18.9. The van der Waals surface area contributed by atoms with Gasteiger partial charge in [0, 0.05) is 12.4 Å². The van der Waals surface area contributed by atoms with E-state index in [0.29, 0.717) is 6.61 Å². The summed E-state index contributed by atoms with van der Waals surface area (Å²) in [5.41, 5.74) is 1.44. The van der Waals surface area contributed by atoms with Crippen molar-refractivity contribution in [1.29, 1.82) is 0 Å². The van der Waals surface area contributed by atoms with Crippen LogP contribution in [0.1, 0.15) is 33.3 Å². The molecule has 1 aromatic heterocycles. The summed E-state index contributed by atoms with van der Waals surface area (Å²) in [5.74, 6) is 0.821. The highest BCUT2D eigenvalue weighted by Gasteiger charge is 2.51. The summed E-state index contributed by atoms with van der Waals surface area (Å²) in [6.45, 7) is 8.75. The molecule has 0 N–H and O–H groups in total. The largest absolute Gasteiger partial charge is 0.494 e. The van der Waals surface area contributed by atoms with Gasteiger partial charge in [-0.2, -0.15) is 0 Å². The zero-order valence-corrected chi connectivity index (χ0v) is 14.1. The van der Waals surface area contributed by atoms with E-state index in [-0.39, 0.29) is 18.3 Å². The van der Waals surface area contributed by atoms with E-state index in [0.717, 1.165) is 16.8 Å². The molecule has 4 nitrogen and oxygen atoms in total. The third-order valence-electron chi connectivity index (χ3n) is 4.56. The van der Waals surface area contributed by atoms with Crippen LogP contribution in [0.5, 0.6) is 5.75 Å². The maximum Gasteiger partial charge on any atom is 0.494 e. The lowest BCUT2D eigenvalue weighted by atomic mass is 9.79. The van der Waals surface area contributed by atoms with Gasteiger partial charge in [-0.3, -0.25) is 4.98 Å². The number of rotatable bonds is 4. The SMILES string of the molecule is CC1(C)OB(c2ccc(OCc3ccncc3)cc2)OC1(C)C. The number of nitrogens with zero attached hydrogens (tertiary/aromatic N) is 1. The van der Waals surface area contributed by atoms with Crippen LogP contribution in [-0.4, -0.2) is 23.3 Å².